The fraction of sp³-hybridized carbons (Fsp3) is 0.421. The second-order valence-corrected chi connectivity index (χ2v) is 6.88. The van der Waals surface area contributed by atoms with Crippen molar-refractivity contribution in [1.82, 2.24) is 15.1 Å². The van der Waals surface area contributed by atoms with Crippen LogP contribution in [-0.2, 0) is 0 Å². The molecule has 1 aliphatic carbocycles. The second-order valence-electron chi connectivity index (χ2n) is 6.88. The van der Waals surface area contributed by atoms with Crippen molar-refractivity contribution in [3.05, 3.63) is 41.1 Å². The van der Waals surface area contributed by atoms with Gasteiger partial charge in [0.15, 0.2) is 0 Å². The quantitative estimate of drug-likeness (QED) is 0.902. The molecular weight excluding hydrogens is 338 g/mol. The lowest BCUT2D eigenvalue weighted by atomic mass is 9.75. The third-order valence-corrected chi connectivity index (χ3v) is 4.66. The summed E-state index contributed by atoms with van der Waals surface area (Å²) in [5, 5.41) is 16.1. The SMILES string of the molecule is CNC(=O)c1c(C2CC(F)(F)C2)c(-c2ccc(C#N)cc2)nn1C(C)C. The molecule has 0 aliphatic heterocycles. The van der Waals surface area contributed by atoms with Crippen LogP contribution in [0.5, 0.6) is 0 Å². The number of carbonyl (C=O) groups excluding carboxylic acids is 1. The molecule has 3 rings (SSSR count). The van der Waals surface area contributed by atoms with Crippen LogP contribution in [0.1, 0.15) is 60.3 Å². The molecule has 0 atom stereocenters. The van der Waals surface area contributed by atoms with E-state index < -0.39 is 11.8 Å². The first kappa shape index (κ1) is 18.1. The van der Waals surface area contributed by atoms with Crippen molar-refractivity contribution in [2.75, 3.05) is 7.05 Å². The molecule has 0 unspecified atom stereocenters. The summed E-state index contributed by atoms with van der Waals surface area (Å²) in [6, 6.07) is 8.73. The van der Waals surface area contributed by atoms with Crippen LogP contribution in [0.3, 0.4) is 0 Å². The standard InChI is InChI=1S/C19H20F2N4O/c1-11(2)25-17(18(26)23-3)15(14-8-19(20,21)9-14)16(24-25)13-6-4-12(10-22)5-7-13/h4-7,11,14H,8-9H2,1-3H3,(H,23,26). The molecule has 1 heterocycles. The molecule has 7 heteroatoms. The molecule has 0 saturated heterocycles. The molecule has 2 aromatic rings. The van der Waals surface area contributed by atoms with Gasteiger partial charge in [-0.1, -0.05) is 12.1 Å². The summed E-state index contributed by atoms with van der Waals surface area (Å²) in [4.78, 5) is 12.5. The second kappa shape index (κ2) is 6.52. The highest BCUT2D eigenvalue weighted by Crippen LogP contribution is 2.51. The number of nitrogens with zero attached hydrogens (tertiary/aromatic N) is 3. The van der Waals surface area contributed by atoms with E-state index in [2.05, 4.69) is 10.4 Å². The molecule has 26 heavy (non-hydrogen) atoms. The summed E-state index contributed by atoms with van der Waals surface area (Å²) >= 11 is 0. The molecule has 1 N–H and O–H groups in total. The zero-order valence-electron chi connectivity index (χ0n) is 14.9. The monoisotopic (exact) mass is 358 g/mol. The summed E-state index contributed by atoms with van der Waals surface area (Å²) in [5.74, 6) is -3.46. The van der Waals surface area contributed by atoms with Crippen molar-refractivity contribution in [3.63, 3.8) is 0 Å². The van der Waals surface area contributed by atoms with Crippen molar-refractivity contribution in [2.24, 2.45) is 0 Å². The summed E-state index contributed by atoms with van der Waals surface area (Å²) in [6.45, 7) is 3.78. The minimum Gasteiger partial charge on any atom is -0.354 e. The van der Waals surface area contributed by atoms with Gasteiger partial charge in [-0.15, -0.1) is 0 Å². The third kappa shape index (κ3) is 3.07. The van der Waals surface area contributed by atoms with Gasteiger partial charge in [0.1, 0.15) is 5.69 Å². The van der Waals surface area contributed by atoms with Crippen LogP contribution in [0, 0.1) is 11.3 Å². The van der Waals surface area contributed by atoms with Gasteiger partial charge in [0, 0.05) is 37.1 Å². The number of nitrogens with one attached hydrogen (secondary N) is 1. The molecule has 1 saturated carbocycles. The minimum atomic E-state index is -2.70. The highest BCUT2D eigenvalue weighted by Gasteiger charge is 2.49. The van der Waals surface area contributed by atoms with Crippen LogP contribution >= 0.6 is 0 Å². The van der Waals surface area contributed by atoms with Crippen LogP contribution < -0.4 is 5.32 Å². The van der Waals surface area contributed by atoms with E-state index in [1.54, 1.807) is 28.9 Å². The van der Waals surface area contributed by atoms with Crippen LogP contribution in [0.25, 0.3) is 11.3 Å². The number of hydrogen-bond acceptors (Lipinski definition) is 3. The highest BCUT2D eigenvalue weighted by molar-refractivity contribution is 5.96. The first-order chi connectivity index (χ1) is 12.3. The van der Waals surface area contributed by atoms with Gasteiger partial charge in [0.05, 0.1) is 17.3 Å². The van der Waals surface area contributed by atoms with Crippen molar-refractivity contribution in [2.45, 2.75) is 44.6 Å². The van der Waals surface area contributed by atoms with Gasteiger partial charge >= 0.3 is 0 Å². The molecule has 5 nitrogen and oxygen atoms in total. The van der Waals surface area contributed by atoms with E-state index in [-0.39, 0.29) is 24.8 Å². The van der Waals surface area contributed by atoms with Gasteiger partial charge in [-0.2, -0.15) is 10.4 Å². The van der Waals surface area contributed by atoms with E-state index in [0.717, 1.165) is 0 Å². The van der Waals surface area contributed by atoms with E-state index in [1.165, 1.54) is 7.05 Å². The number of amides is 1. The molecule has 1 aromatic carbocycles. The van der Waals surface area contributed by atoms with Crippen molar-refractivity contribution in [3.8, 4) is 17.3 Å². The van der Waals surface area contributed by atoms with E-state index >= 15 is 0 Å². The van der Waals surface area contributed by atoms with Gasteiger partial charge in [-0.25, -0.2) is 8.78 Å². The van der Waals surface area contributed by atoms with E-state index in [0.29, 0.717) is 28.1 Å². The smallest absolute Gasteiger partial charge is 0.269 e. The first-order valence-electron chi connectivity index (χ1n) is 8.50. The summed E-state index contributed by atoms with van der Waals surface area (Å²) < 4.78 is 28.6. The Labute approximate surface area is 150 Å². The molecule has 0 bridgehead atoms. The number of benzene rings is 1. The largest absolute Gasteiger partial charge is 0.354 e. The van der Waals surface area contributed by atoms with E-state index in [4.69, 9.17) is 5.26 Å². The Balaban J connectivity index is 2.19. The molecular formula is C19H20F2N4O. The third-order valence-electron chi connectivity index (χ3n) is 4.66. The molecule has 1 amide bonds. The predicted octanol–water partition coefficient (Wildman–Crippen LogP) is 3.87. The zero-order valence-corrected chi connectivity index (χ0v) is 14.9. The van der Waals surface area contributed by atoms with Gasteiger partial charge in [0.2, 0.25) is 5.92 Å². The van der Waals surface area contributed by atoms with Crippen molar-refractivity contribution < 1.29 is 13.6 Å². The summed E-state index contributed by atoms with van der Waals surface area (Å²) in [7, 11) is 1.51. The maximum Gasteiger partial charge on any atom is 0.269 e. The fourth-order valence-corrected chi connectivity index (χ4v) is 3.33. The van der Waals surface area contributed by atoms with Crippen molar-refractivity contribution in [1.29, 1.82) is 5.26 Å². The first-order valence-corrected chi connectivity index (χ1v) is 8.50. The van der Waals surface area contributed by atoms with Gasteiger partial charge in [0.25, 0.3) is 5.91 Å². The Kier molecular flexibility index (Phi) is 4.53. The lowest BCUT2D eigenvalue weighted by Gasteiger charge is -2.35. The van der Waals surface area contributed by atoms with E-state index in [9.17, 15) is 13.6 Å². The summed E-state index contributed by atoms with van der Waals surface area (Å²) in [6.07, 6.45) is -0.575. The van der Waals surface area contributed by atoms with Crippen LogP contribution in [0.4, 0.5) is 8.78 Å². The Hall–Kier alpha value is -2.75. The molecule has 0 radical (unpaired) electrons. The number of aromatic nitrogens is 2. The number of carbonyl (C=O) groups is 1. The average molecular weight is 358 g/mol. The van der Waals surface area contributed by atoms with Crippen molar-refractivity contribution >= 4 is 5.91 Å². The average Bonchev–Trinajstić information content (AvgIpc) is 2.99. The summed E-state index contributed by atoms with van der Waals surface area (Å²) in [5.41, 5.74) is 2.64. The van der Waals surface area contributed by atoms with Crippen LogP contribution in [0.15, 0.2) is 24.3 Å². The molecule has 1 fully saturated rings. The normalized spacial score (nSPS) is 16.2. The Morgan fingerprint density at radius 1 is 1.35 bits per heavy atom. The highest BCUT2D eigenvalue weighted by atomic mass is 19.3. The fourth-order valence-electron chi connectivity index (χ4n) is 3.33. The van der Waals surface area contributed by atoms with Crippen LogP contribution in [0.2, 0.25) is 0 Å². The number of rotatable bonds is 4. The predicted molar refractivity (Wildman–Crippen MR) is 93.1 cm³/mol. The lowest BCUT2D eigenvalue weighted by molar-refractivity contribution is -0.0867. The number of halogens is 2. The lowest BCUT2D eigenvalue weighted by Crippen LogP contribution is -2.35. The minimum absolute atomic E-state index is 0.103. The van der Waals surface area contributed by atoms with Gasteiger partial charge < -0.3 is 5.32 Å². The Morgan fingerprint density at radius 2 is 1.96 bits per heavy atom. The Morgan fingerprint density at radius 3 is 2.42 bits per heavy atom. The Bertz CT molecular complexity index is 870. The zero-order chi connectivity index (χ0) is 19.1. The van der Waals surface area contributed by atoms with Crippen LogP contribution in [-0.4, -0.2) is 28.7 Å². The molecule has 1 aliphatic rings. The van der Waals surface area contributed by atoms with Gasteiger partial charge in [-0.05, 0) is 31.9 Å². The van der Waals surface area contributed by atoms with Gasteiger partial charge in [-0.3, -0.25) is 9.48 Å². The molecule has 0 spiro atoms. The molecule has 136 valence electrons. The number of hydrogen-bond donors (Lipinski definition) is 1. The number of nitriles is 1. The maximum atomic E-state index is 13.5. The number of alkyl halides is 2. The van der Waals surface area contributed by atoms with E-state index in [1.807, 2.05) is 19.9 Å². The molecule has 1 aromatic heterocycles. The maximum absolute atomic E-state index is 13.5. The topological polar surface area (TPSA) is 70.7 Å².